The monoisotopic (exact) mass is 285 g/mol. The molecule has 0 spiro atoms. The Hall–Kier alpha value is -2.28. The lowest BCUT2D eigenvalue weighted by atomic mass is 9.77. The molecule has 0 bridgehead atoms. The predicted octanol–water partition coefficient (Wildman–Crippen LogP) is 2.04. The van der Waals surface area contributed by atoms with Crippen LogP contribution >= 0.6 is 0 Å². The number of carboxylic acids is 1. The van der Waals surface area contributed by atoms with Crippen molar-refractivity contribution in [3.8, 4) is 12.3 Å². The quantitative estimate of drug-likeness (QED) is 0.842. The van der Waals surface area contributed by atoms with Gasteiger partial charge in [0, 0.05) is 0 Å². The fourth-order valence-electron chi connectivity index (χ4n) is 3.14. The predicted molar refractivity (Wildman–Crippen MR) is 79.6 cm³/mol. The summed E-state index contributed by atoms with van der Waals surface area (Å²) in [5, 5.41) is 8.99. The zero-order valence-corrected chi connectivity index (χ0v) is 11.9. The molecule has 0 atom stereocenters. The fraction of sp³-hybridized carbons (Fsp3) is 0.412. The average molecular weight is 285 g/mol. The highest BCUT2D eigenvalue weighted by molar-refractivity contribution is 5.91. The Morgan fingerprint density at radius 2 is 1.86 bits per heavy atom. The van der Waals surface area contributed by atoms with Gasteiger partial charge in [0.15, 0.2) is 0 Å². The first-order valence-electron chi connectivity index (χ1n) is 7.10. The highest BCUT2D eigenvalue weighted by Crippen LogP contribution is 2.42. The van der Waals surface area contributed by atoms with Gasteiger partial charge in [0.2, 0.25) is 5.91 Å². The minimum atomic E-state index is -1.04. The van der Waals surface area contributed by atoms with E-state index in [9.17, 15) is 9.59 Å². The molecule has 0 aliphatic heterocycles. The van der Waals surface area contributed by atoms with Crippen LogP contribution < -0.4 is 0 Å². The number of benzene rings is 1. The van der Waals surface area contributed by atoms with Crippen molar-refractivity contribution in [2.75, 3.05) is 13.1 Å². The number of carbonyl (C=O) groups is 2. The molecule has 0 unspecified atom stereocenters. The Morgan fingerprint density at radius 1 is 1.24 bits per heavy atom. The Kier molecular flexibility index (Phi) is 4.64. The van der Waals surface area contributed by atoms with E-state index in [1.807, 2.05) is 30.3 Å². The standard InChI is InChI=1S/C17H19NO3/c1-2-12-18(13-15(19)20)16(21)17(10-6-7-11-17)14-8-4-3-5-9-14/h1,3-5,8-9H,6-7,10-13H2,(H,19,20). The smallest absolute Gasteiger partial charge is 0.323 e. The Morgan fingerprint density at radius 3 is 2.38 bits per heavy atom. The van der Waals surface area contributed by atoms with Crippen molar-refractivity contribution in [2.24, 2.45) is 0 Å². The summed E-state index contributed by atoms with van der Waals surface area (Å²) >= 11 is 0. The summed E-state index contributed by atoms with van der Waals surface area (Å²) in [6.45, 7) is -0.322. The molecule has 1 fully saturated rings. The molecular formula is C17H19NO3. The van der Waals surface area contributed by atoms with Crippen LogP contribution in [0.2, 0.25) is 0 Å². The van der Waals surface area contributed by atoms with Crippen LogP contribution in [0.4, 0.5) is 0 Å². The van der Waals surface area contributed by atoms with E-state index in [1.54, 1.807) is 0 Å². The number of amides is 1. The number of aliphatic carboxylic acids is 1. The second kappa shape index (κ2) is 6.45. The van der Waals surface area contributed by atoms with Crippen molar-refractivity contribution in [3.05, 3.63) is 35.9 Å². The van der Waals surface area contributed by atoms with Gasteiger partial charge in [0.25, 0.3) is 0 Å². The molecule has 1 saturated carbocycles. The van der Waals surface area contributed by atoms with Crippen molar-refractivity contribution < 1.29 is 14.7 Å². The third-order valence-electron chi connectivity index (χ3n) is 4.09. The molecule has 1 amide bonds. The molecule has 1 aromatic rings. The van der Waals surface area contributed by atoms with E-state index in [2.05, 4.69) is 5.92 Å². The number of terminal acetylenes is 1. The molecule has 0 aromatic heterocycles. The van der Waals surface area contributed by atoms with Crippen LogP contribution in [0.25, 0.3) is 0 Å². The SMILES string of the molecule is C#CCN(CC(=O)O)C(=O)C1(c2ccccc2)CCCC1. The first-order chi connectivity index (χ1) is 10.1. The van der Waals surface area contributed by atoms with E-state index in [0.717, 1.165) is 31.2 Å². The molecule has 1 aliphatic rings. The molecule has 2 rings (SSSR count). The van der Waals surface area contributed by atoms with Gasteiger partial charge >= 0.3 is 5.97 Å². The molecular weight excluding hydrogens is 266 g/mol. The van der Waals surface area contributed by atoms with Gasteiger partial charge in [-0.25, -0.2) is 0 Å². The molecule has 1 aromatic carbocycles. The maximum atomic E-state index is 13.0. The van der Waals surface area contributed by atoms with E-state index in [0.29, 0.717) is 0 Å². The third kappa shape index (κ3) is 3.08. The van der Waals surface area contributed by atoms with Gasteiger partial charge < -0.3 is 10.0 Å². The molecule has 4 heteroatoms. The average Bonchev–Trinajstić information content (AvgIpc) is 2.97. The van der Waals surface area contributed by atoms with Gasteiger partial charge in [0.05, 0.1) is 12.0 Å². The number of carboxylic acid groups (broad SMARTS) is 1. The zero-order chi connectivity index (χ0) is 15.3. The maximum Gasteiger partial charge on any atom is 0.323 e. The Labute approximate surface area is 124 Å². The van der Waals surface area contributed by atoms with Crippen LogP contribution in [-0.4, -0.2) is 35.0 Å². The van der Waals surface area contributed by atoms with Crippen molar-refractivity contribution in [3.63, 3.8) is 0 Å². The van der Waals surface area contributed by atoms with Crippen molar-refractivity contribution in [1.82, 2.24) is 4.90 Å². The van der Waals surface area contributed by atoms with Gasteiger partial charge in [0.1, 0.15) is 6.54 Å². The molecule has 21 heavy (non-hydrogen) atoms. The van der Waals surface area contributed by atoms with E-state index < -0.39 is 11.4 Å². The molecule has 1 N–H and O–H groups in total. The summed E-state index contributed by atoms with van der Waals surface area (Å²) in [5.74, 6) is 1.19. The van der Waals surface area contributed by atoms with Gasteiger partial charge in [-0.2, -0.15) is 0 Å². The fourth-order valence-corrected chi connectivity index (χ4v) is 3.14. The largest absolute Gasteiger partial charge is 0.480 e. The van der Waals surface area contributed by atoms with E-state index in [4.69, 9.17) is 11.5 Å². The van der Waals surface area contributed by atoms with E-state index in [1.165, 1.54) is 4.90 Å². The van der Waals surface area contributed by atoms with Crippen LogP contribution in [0.15, 0.2) is 30.3 Å². The molecule has 110 valence electrons. The Balaban J connectivity index is 2.35. The second-order valence-corrected chi connectivity index (χ2v) is 5.41. The molecule has 0 saturated heterocycles. The lowest BCUT2D eigenvalue weighted by Crippen LogP contribution is -2.47. The molecule has 1 aliphatic carbocycles. The normalized spacial score (nSPS) is 16.1. The summed E-state index contributed by atoms with van der Waals surface area (Å²) in [4.78, 5) is 25.2. The van der Waals surface area contributed by atoms with Gasteiger partial charge in [-0.05, 0) is 18.4 Å². The van der Waals surface area contributed by atoms with E-state index in [-0.39, 0.29) is 19.0 Å². The first-order valence-corrected chi connectivity index (χ1v) is 7.10. The molecule has 0 radical (unpaired) electrons. The van der Waals surface area contributed by atoms with Crippen molar-refractivity contribution in [1.29, 1.82) is 0 Å². The summed E-state index contributed by atoms with van der Waals surface area (Å²) in [6, 6.07) is 9.61. The van der Waals surface area contributed by atoms with E-state index >= 15 is 0 Å². The maximum absolute atomic E-state index is 13.0. The van der Waals surface area contributed by atoms with Gasteiger partial charge in [-0.15, -0.1) is 6.42 Å². The second-order valence-electron chi connectivity index (χ2n) is 5.41. The summed E-state index contributed by atoms with van der Waals surface area (Å²) in [5.41, 5.74) is 0.341. The first kappa shape index (κ1) is 15.1. The van der Waals surface area contributed by atoms with Gasteiger partial charge in [-0.3, -0.25) is 9.59 Å². The van der Waals surface area contributed by atoms with Crippen LogP contribution in [-0.2, 0) is 15.0 Å². The number of carbonyl (C=O) groups excluding carboxylic acids is 1. The topological polar surface area (TPSA) is 57.6 Å². The Bertz CT molecular complexity index is 553. The lowest BCUT2D eigenvalue weighted by molar-refractivity contribution is -0.146. The summed E-state index contributed by atoms with van der Waals surface area (Å²) < 4.78 is 0. The number of hydrogen-bond acceptors (Lipinski definition) is 2. The van der Waals surface area contributed by atoms with Crippen molar-refractivity contribution >= 4 is 11.9 Å². The van der Waals surface area contributed by atoms with Crippen LogP contribution in [0.1, 0.15) is 31.2 Å². The summed E-state index contributed by atoms with van der Waals surface area (Å²) in [6.07, 6.45) is 8.72. The van der Waals surface area contributed by atoms with Crippen LogP contribution in [0, 0.1) is 12.3 Å². The number of nitrogens with zero attached hydrogens (tertiary/aromatic N) is 1. The van der Waals surface area contributed by atoms with Crippen LogP contribution in [0.3, 0.4) is 0 Å². The molecule has 4 nitrogen and oxygen atoms in total. The van der Waals surface area contributed by atoms with Crippen molar-refractivity contribution in [2.45, 2.75) is 31.1 Å². The third-order valence-corrected chi connectivity index (χ3v) is 4.09. The zero-order valence-electron chi connectivity index (χ0n) is 11.9. The highest BCUT2D eigenvalue weighted by atomic mass is 16.4. The minimum Gasteiger partial charge on any atom is -0.480 e. The summed E-state index contributed by atoms with van der Waals surface area (Å²) in [7, 11) is 0. The minimum absolute atomic E-state index is 0.0275. The lowest BCUT2D eigenvalue weighted by Gasteiger charge is -2.33. The van der Waals surface area contributed by atoms with Gasteiger partial charge in [-0.1, -0.05) is 49.1 Å². The van der Waals surface area contributed by atoms with Crippen LogP contribution in [0.5, 0.6) is 0 Å². The highest BCUT2D eigenvalue weighted by Gasteiger charge is 2.44. The number of hydrogen-bond donors (Lipinski definition) is 1. The number of rotatable bonds is 5. The molecule has 0 heterocycles.